The number of hydrogen-bond acceptors (Lipinski definition) is 4. The molecule has 2 aromatic carbocycles. The van der Waals surface area contributed by atoms with Gasteiger partial charge in [0, 0.05) is 18.5 Å². The Morgan fingerprint density at radius 3 is 2.18 bits per heavy atom. The minimum atomic E-state index is -1.04. The van der Waals surface area contributed by atoms with Crippen molar-refractivity contribution in [2.75, 3.05) is 26.4 Å². The highest BCUT2D eigenvalue weighted by Crippen LogP contribution is 2.49. The fourth-order valence-corrected chi connectivity index (χ4v) is 4.60. The number of benzene rings is 2. The van der Waals surface area contributed by atoms with Gasteiger partial charge in [0.1, 0.15) is 0 Å². The maximum atomic E-state index is 6.07. The van der Waals surface area contributed by atoms with Crippen molar-refractivity contribution in [3.63, 3.8) is 0 Å². The van der Waals surface area contributed by atoms with Crippen LogP contribution in [0.2, 0.25) is 0 Å². The van der Waals surface area contributed by atoms with Crippen molar-refractivity contribution >= 4 is 8.53 Å². The van der Waals surface area contributed by atoms with Gasteiger partial charge in [0.15, 0.2) is 0 Å². The van der Waals surface area contributed by atoms with Crippen LogP contribution in [0.15, 0.2) is 72.8 Å². The summed E-state index contributed by atoms with van der Waals surface area (Å²) < 4.78 is 20.1. The van der Waals surface area contributed by atoms with E-state index in [1.54, 1.807) is 0 Å². The Labute approximate surface area is 170 Å². The van der Waals surface area contributed by atoms with E-state index in [1.807, 2.05) is 24.3 Å². The second-order valence-electron chi connectivity index (χ2n) is 7.75. The molecule has 2 aromatic rings. The molecule has 0 radical (unpaired) electrons. The summed E-state index contributed by atoms with van der Waals surface area (Å²) in [6, 6.07) is 20.7. The summed E-state index contributed by atoms with van der Waals surface area (Å²) in [5.41, 5.74) is 2.53. The standard InChI is InChI=1S/C23H30NO3P/c1-23(2)19-26-28(27-20-23)24(17-21-11-5-3-6-12-21)15-9-10-16-25-18-22-13-7-4-8-14-22/h3-14H,15-20H2,1-2H3/b10-9+. The van der Waals surface area contributed by atoms with Crippen molar-refractivity contribution in [2.45, 2.75) is 27.0 Å². The Morgan fingerprint density at radius 2 is 1.54 bits per heavy atom. The lowest BCUT2D eigenvalue weighted by Gasteiger charge is -2.38. The first-order valence-corrected chi connectivity index (χ1v) is 10.9. The SMILES string of the molecule is CC1(C)COP(N(C/C=C/COCc2ccccc2)Cc2ccccc2)OC1. The largest absolute Gasteiger partial charge is 0.373 e. The lowest BCUT2D eigenvalue weighted by molar-refractivity contribution is 0.0450. The summed E-state index contributed by atoms with van der Waals surface area (Å²) in [6.07, 6.45) is 4.22. The molecular weight excluding hydrogens is 369 g/mol. The van der Waals surface area contributed by atoms with Crippen molar-refractivity contribution in [3.05, 3.63) is 83.9 Å². The highest BCUT2D eigenvalue weighted by Gasteiger charge is 2.32. The topological polar surface area (TPSA) is 30.9 Å². The van der Waals surface area contributed by atoms with Crippen LogP contribution in [0.5, 0.6) is 0 Å². The molecule has 0 atom stereocenters. The maximum Gasteiger partial charge on any atom is 0.259 e. The molecule has 5 heteroatoms. The molecule has 3 rings (SSSR count). The smallest absolute Gasteiger partial charge is 0.259 e. The zero-order chi connectivity index (χ0) is 19.7. The third kappa shape index (κ3) is 7.12. The molecule has 0 N–H and O–H groups in total. The number of nitrogens with zero attached hydrogens (tertiary/aromatic N) is 1. The van der Waals surface area contributed by atoms with Gasteiger partial charge >= 0.3 is 0 Å². The van der Waals surface area contributed by atoms with E-state index in [-0.39, 0.29) is 5.41 Å². The van der Waals surface area contributed by atoms with Gasteiger partial charge in [-0.05, 0) is 11.1 Å². The lowest BCUT2D eigenvalue weighted by Crippen LogP contribution is -2.32. The van der Waals surface area contributed by atoms with Crippen LogP contribution < -0.4 is 0 Å². The predicted molar refractivity (Wildman–Crippen MR) is 115 cm³/mol. The highest BCUT2D eigenvalue weighted by atomic mass is 31.2. The summed E-state index contributed by atoms with van der Waals surface area (Å²) in [4.78, 5) is 0. The van der Waals surface area contributed by atoms with Gasteiger partial charge in [-0.25, -0.2) is 4.67 Å². The monoisotopic (exact) mass is 399 g/mol. The molecule has 0 saturated carbocycles. The predicted octanol–water partition coefficient (Wildman–Crippen LogP) is 5.56. The first kappa shape index (κ1) is 21.2. The minimum Gasteiger partial charge on any atom is -0.373 e. The fraction of sp³-hybridized carbons (Fsp3) is 0.391. The lowest BCUT2D eigenvalue weighted by atomic mass is 9.97. The second-order valence-corrected chi connectivity index (χ2v) is 9.31. The molecule has 1 heterocycles. The molecule has 0 aliphatic carbocycles. The zero-order valence-electron chi connectivity index (χ0n) is 16.8. The molecule has 150 valence electrons. The first-order valence-electron chi connectivity index (χ1n) is 9.74. The third-order valence-corrected chi connectivity index (χ3v) is 5.85. The fourth-order valence-electron chi connectivity index (χ4n) is 2.77. The van der Waals surface area contributed by atoms with Crippen LogP contribution >= 0.6 is 8.53 Å². The van der Waals surface area contributed by atoms with E-state index >= 15 is 0 Å². The highest BCUT2D eigenvalue weighted by molar-refractivity contribution is 7.44. The number of ether oxygens (including phenoxy) is 1. The molecule has 0 bridgehead atoms. The molecule has 28 heavy (non-hydrogen) atoms. The number of hydrogen-bond donors (Lipinski definition) is 0. The van der Waals surface area contributed by atoms with E-state index in [1.165, 1.54) is 11.1 Å². The minimum absolute atomic E-state index is 0.0817. The van der Waals surface area contributed by atoms with Gasteiger partial charge in [-0.3, -0.25) is 0 Å². The van der Waals surface area contributed by atoms with E-state index in [0.29, 0.717) is 13.2 Å². The first-order chi connectivity index (χ1) is 13.6. The van der Waals surface area contributed by atoms with Crippen LogP contribution in [0.4, 0.5) is 0 Å². The van der Waals surface area contributed by atoms with Crippen molar-refractivity contribution < 1.29 is 13.8 Å². The van der Waals surface area contributed by atoms with Crippen LogP contribution in [-0.4, -0.2) is 31.0 Å². The zero-order valence-corrected chi connectivity index (χ0v) is 17.7. The van der Waals surface area contributed by atoms with Crippen LogP contribution in [0, 0.1) is 5.41 Å². The van der Waals surface area contributed by atoms with Crippen molar-refractivity contribution in [1.82, 2.24) is 4.67 Å². The molecule has 1 aliphatic rings. The van der Waals surface area contributed by atoms with Gasteiger partial charge in [-0.2, -0.15) is 0 Å². The molecule has 0 aromatic heterocycles. The van der Waals surface area contributed by atoms with Gasteiger partial charge in [0.05, 0.1) is 26.4 Å². The second kappa shape index (κ2) is 10.8. The van der Waals surface area contributed by atoms with E-state index in [9.17, 15) is 0 Å². The summed E-state index contributed by atoms with van der Waals surface area (Å²) in [7, 11) is -1.04. The molecule has 4 nitrogen and oxygen atoms in total. The van der Waals surface area contributed by atoms with Gasteiger partial charge in [-0.1, -0.05) is 86.7 Å². The van der Waals surface area contributed by atoms with E-state index in [4.69, 9.17) is 13.8 Å². The molecule has 0 unspecified atom stereocenters. The molecule has 0 amide bonds. The van der Waals surface area contributed by atoms with Gasteiger partial charge < -0.3 is 13.8 Å². The van der Waals surface area contributed by atoms with Gasteiger partial charge in [0.25, 0.3) is 8.53 Å². The number of rotatable bonds is 9. The third-order valence-electron chi connectivity index (χ3n) is 4.38. The van der Waals surface area contributed by atoms with Gasteiger partial charge in [0.2, 0.25) is 0 Å². The maximum absolute atomic E-state index is 6.07. The summed E-state index contributed by atoms with van der Waals surface area (Å²) >= 11 is 0. The van der Waals surface area contributed by atoms with Crippen LogP contribution in [-0.2, 0) is 26.9 Å². The van der Waals surface area contributed by atoms with Crippen molar-refractivity contribution in [1.29, 1.82) is 0 Å². The Kier molecular flexibility index (Phi) is 8.20. The van der Waals surface area contributed by atoms with Crippen LogP contribution in [0.1, 0.15) is 25.0 Å². The van der Waals surface area contributed by atoms with E-state index < -0.39 is 8.53 Å². The van der Waals surface area contributed by atoms with E-state index in [2.05, 4.69) is 67.1 Å². The van der Waals surface area contributed by atoms with E-state index in [0.717, 1.165) is 26.3 Å². The molecule has 0 spiro atoms. The Morgan fingerprint density at radius 1 is 0.929 bits per heavy atom. The van der Waals surface area contributed by atoms with Crippen molar-refractivity contribution in [3.8, 4) is 0 Å². The summed E-state index contributed by atoms with van der Waals surface area (Å²) in [6.45, 7) is 8.61. The molecule has 1 saturated heterocycles. The quantitative estimate of drug-likeness (QED) is 0.314. The average Bonchev–Trinajstić information content (AvgIpc) is 2.71. The van der Waals surface area contributed by atoms with Crippen molar-refractivity contribution in [2.24, 2.45) is 5.41 Å². The molecule has 1 fully saturated rings. The molecular formula is C23H30NO3P. The Hall–Kier alpha value is -1.55. The normalized spacial score (nSPS) is 17.4. The van der Waals surface area contributed by atoms with Gasteiger partial charge in [-0.15, -0.1) is 0 Å². The van der Waals surface area contributed by atoms with Crippen LogP contribution in [0.25, 0.3) is 0 Å². The Balaban J connectivity index is 1.50. The average molecular weight is 399 g/mol. The summed E-state index contributed by atoms with van der Waals surface area (Å²) in [5, 5.41) is 0. The summed E-state index contributed by atoms with van der Waals surface area (Å²) in [5.74, 6) is 0. The Bertz CT molecular complexity index is 711. The van der Waals surface area contributed by atoms with Crippen LogP contribution in [0.3, 0.4) is 0 Å². The molecule has 1 aliphatic heterocycles.